The molecule has 3 heteroatoms. The molecule has 17 heavy (non-hydrogen) atoms. The van der Waals surface area contributed by atoms with Gasteiger partial charge in [0.1, 0.15) is 0 Å². The van der Waals surface area contributed by atoms with Gasteiger partial charge in [0.15, 0.2) is 0 Å². The molecule has 0 saturated heterocycles. The topological polar surface area (TPSA) is 49.3 Å². The summed E-state index contributed by atoms with van der Waals surface area (Å²) in [5.41, 5.74) is 0. The lowest BCUT2D eigenvalue weighted by Crippen LogP contribution is -2.36. The molecule has 1 atom stereocenters. The first-order valence-electron chi connectivity index (χ1n) is 7.16. The number of amides is 1. The third kappa shape index (κ3) is 6.06. The summed E-state index contributed by atoms with van der Waals surface area (Å²) in [7, 11) is 0. The Bertz CT molecular complexity index is 208. The molecule has 2 N–H and O–H groups in total. The Balaban J connectivity index is 2.06. The summed E-state index contributed by atoms with van der Waals surface area (Å²) in [6, 6.07) is -0.0582. The average Bonchev–Trinajstić information content (AvgIpc) is 2.37. The zero-order valence-corrected chi connectivity index (χ0v) is 11.1. The van der Waals surface area contributed by atoms with Gasteiger partial charge in [-0.2, -0.15) is 0 Å². The minimum absolute atomic E-state index is 0.0465. The molecule has 1 rings (SSSR count). The van der Waals surface area contributed by atoms with Gasteiger partial charge >= 0.3 is 0 Å². The van der Waals surface area contributed by atoms with Gasteiger partial charge in [0.25, 0.3) is 0 Å². The SMILES string of the molecule is CC[C@@H](CO)NC(=O)CCCC1CCCCC1. The van der Waals surface area contributed by atoms with Crippen molar-refractivity contribution in [3.63, 3.8) is 0 Å². The lowest BCUT2D eigenvalue weighted by molar-refractivity contribution is -0.122. The molecule has 0 unspecified atom stereocenters. The van der Waals surface area contributed by atoms with E-state index in [-0.39, 0.29) is 18.6 Å². The van der Waals surface area contributed by atoms with Gasteiger partial charge in [-0.3, -0.25) is 4.79 Å². The molecule has 0 radical (unpaired) electrons. The molecule has 0 aromatic carbocycles. The molecule has 1 fully saturated rings. The Morgan fingerprint density at radius 3 is 2.65 bits per heavy atom. The fraction of sp³-hybridized carbons (Fsp3) is 0.929. The van der Waals surface area contributed by atoms with Gasteiger partial charge in [-0.25, -0.2) is 0 Å². The maximum atomic E-state index is 11.6. The van der Waals surface area contributed by atoms with E-state index >= 15 is 0 Å². The van der Waals surface area contributed by atoms with Crippen LogP contribution >= 0.6 is 0 Å². The number of aliphatic hydroxyl groups is 1. The van der Waals surface area contributed by atoms with E-state index in [1.54, 1.807) is 0 Å². The highest BCUT2D eigenvalue weighted by Crippen LogP contribution is 2.27. The molecule has 0 aliphatic heterocycles. The molecular formula is C14H27NO2. The van der Waals surface area contributed by atoms with Gasteiger partial charge in [0.2, 0.25) is 5.91 Å². The second-order valence-electron chi connectivity index (χ2n) is 5.25. The molecule has 1 saturated carbocycles. The van der Waals surface area contributed by atoms with Crippen molar-refractivity contribution < 1.29 is 9.90 Å². The zero-order chi connectivity index (χ0) is 12.5. The van der Waals surface area contributed by atoms with E-state index in [9.17, 15) is 4.79 Å². The van der Waals surface area contributed by atoms with Crippen LogP contribution in [0, 0.1) is 5.92 Å². The Labute approximate surface area is 105 Å². The van der Waals surface area contributed by atoms with Crippen LogP contribution in [0.4, 0.5) is 0 Å². The van der Waals surface area contributed by atoms with E-state index in [0.29, 0.717) is 6.42 Å². The fourth-order valence-electron chi connectivity index (χ4n) is 2.60. The van der Waals surface area contributed by atoms with E-state index in [0.717, 1.165) is 18.8 Å². The minimum atomic E-state index is -0.0582. The number of carbonyl (C=O) groups excluding carboxylic acids is 1. The summed E-state index contributed by atoms with van der Waals surface area (Å²) in [5.74, 6) is 0.957. The molecule has 3 nitrogen and oxygen atoms in total. The van der Waals surface area contributed by atoms with Crippen LogP contribution in [-0.4, -0.2) is 23.7 Å². The highest BCUT2D eigenvalue weighted by molar-refractivity contribution is 5.76. The Hall–Kier alpha value is -0.570. The highest BCUT2D eigenvalue weighted by Gasteiger charge is 2.14. The summed E-state index contributed by atoms with van der Waals surface area (Å²) in [6.07, 6.45) is 10.5. The van der Waals surface area contributed by atoms with Crippen molar-refractivity contribution in [2.75, 3.05) is 6.61 Å². The molecule has 0 bridgehead atoms. The van der Waals surface area contributed by atoms with Crippen LogP contribution in [0.15, 0.2) is 0 Å². The number of carbonyl (C=O) groups is 1. The van der Waals surface area contributed by atoms with Crippen molar-refractivity contribution in [1.82, 2.24) is 5.32 Å². The van der Waals surface area contributed by atoms with Crippen molar-refractivity contribution in [2.45, 2.75) is 70.8 Å². The second-order valence-corrected chi connectivity index (χ2v) is 5.25. The summed E-state index contributed by atoms with van der Waals surface area (Å²) < 4.78 is 0. The van der Waals surface area contributed by atoms with Crippen molar-refractivity contribution in [3.8, 4) is 0 Å². The van der Waals surface area contributed by atoms with Gasteiger partial charge in [-0.15, -0.1) is 0 Å². The Kier molecular flexibility index (Phi) is 7.25. The standard InChI is InChI=1S/C14H27NO2/c1-2-13(11-16)15-14(17)10-6-9-12-7-4-3-5-8-12/h12-13,16H,2-11H2,1H3,(H,15,17)/t13-/m0/s1. The quantitative estimate of drug-likeness (QED) is 0.720. The molecule has 1 amide bonds. The number of hydrogen-bond acceptors (Lipinski definition) is 2. The maximum Gasteiger partial charge on any atom is 0.220 e. The van der Waals surface area contributed by atoms with E-state index < -0.39 is 0 Å². The van der Waals surface area contributed by atoms with Crippen LogP contribution in [0.1, 0.15) is 64.7 Å². The van der Waals surface area contributed by atoms with Gasteiger partial charge in [0, 0.05) is 6.42 Å². The monoisotopic (exact) mass is 241 g/mol. The molecule has 100 valence electrons. The lowest BCUT2D eigenvalue weighted by Gasteiger charge is -2.21. The molecule has 0 spiro atoms. The third-order valence-corrected chi connectivity index (χ3v) is 3.82. The normalized spacial score (nSPS) is 18.9. The van der Waals surface area contributed by atoms with Crippen molar-refractivity contribution >= 4 is 5.91 Å². The van der Waals surface area contributed by atoms with Gasteiger partial charge in [0.05, 0.1) is 12.6 Å². The van der Waals surface area contributed by atoms with Crippen molar-refractivity contribution in [2.24, 2.45) is 5.92 Å². The molecule has 1 aliphatic carbocycles. The smallest absolute Gasteiger partial charge is 0.220 e. The lowest BCUT2D eigenvalue weighted by atomic mass is 9.86. The van der Waals surface area contributed by atoms with Crippen LogP contribution in [-0.2, 0) is 4.79 Å². The Morgan fingerprint density at radius 1 is 1.35 bits per heavy atom. The average molecular weight is 241 g/mol. The van der Waals surface area contributed by atoms with E-state index in [1.165, 1.54) is 38.5 Å². The molecule has 0 aromatic rings. The predicted molar refractivity (Wildman–Crippen MR) is 69.7 cm³/mol. The van der Waals surface area contributed by atoms with Crippen LogP contribution < -0.4 is 5.32 Å². The number of aliphatic hydroxyl groups excluding tert-OH is 1. The fourth-order valence-corrected chi connectivity index (χ4v) is 2.60. The summed E-state index contributed by atoms with van der Waals surface area (Å²) >= 11 is 0. The number of hydrogen-bond donors (Lipinski definition) is 2. The van der Waals surface area contributed by atoms with E-state index in [1.807, 2.05) is 6.92 Å². The summed E-state index contributed by atoms with van der Waals surface area (Å²) in [4.78, 5) is 11.6. The van der Waals surface area contributed by atoms with E-state index in [2.05, 4.69) is 5.32 Å². The van der Waals surface area contributed by atoms with E-state index in [4.69, 9.17) is 5.11 Å². The van der Waals surface area contributed by atoms with Crippen LogP contribution in [0.2, 0.25) is 0 Å². The highest BCUT2D eigenvalue weighted by atomic mass is 16.3. The minimum Gasteiger partial charge on any atom is -0.394 e. The van der Waals surface area contributed by atoms with Gasteiger partial charge in [-0.1, -0.05) is 39.0 Å². The number of nitrogens with one attached hydrogen (secondary N) is 1. The predicted octanol–water partition coefficient (Wildman–Crippen LogP) is 2.62. The number of rotatable bonds is 7. The van der Waals surface area contributed by atoms with Crippen LogP contribution in [0.25, 0.3) is 0 Å². The summed E-state index contributed by atoms with van der Waals surface area (Å²) in [5, 5.41) is 11.9. The maximum absolute atomic E-state index is 11.6. The molecule has 0 aromatic heterocycles. The van der Waals surface area contributed by atoms with Crippen molar-refractivity contribution in [3.05, 3.63) is 0 Å². The first kappa shape index (κ1) is 14.5. The van der Waals surface area contributed by atoms with Crippen molar-refractivity contribution in [1.29, 1.82) is 0 Å². The van der Waals surface area contributed by atoms with Gasteiger partial charge in [-0.05, 0) is 25.2 Å². The molecule has 0 heterocycles. The first-order chi connectivity index (χ1) is 8.26. The van der Waals surface area contributed by atoms with Crippen LogP contribution in [0.5, 0.6) is 0 Å². The second kappa shape index (κ2) is 8.51. The largest absolute Gasteiger partial charge is 0.394 e. The molecule has 1 aliphatic rings. The Morgan fingerprint density at radius 2 is 2.06 bits per heavy atom. The third-order valence-electron chi connectivity index (χ3n) is 3.82. The van der Waals surface area contributed by atoms with Gasteiger partial charge < -0.3 is 10.4 Å². The summed E-state index contributed by atoms with van der Waals surface area (Å²) in [6.45, 7) is 2.02. The van der Waals surface area contributed by atoms with Crippen LogP contribution in [0.3, 0.4) is 0 Å². The zero-order valence-electron chi connectivity index (χ0n) is 11.1. The first-order valence-corrected chi connectivity index (χ1v) is 7.16. The molecular weight excluding hydrogens is 214 g/mol.